The fraction of sp³-hybridized carbons (Fsp3) is 0.580. The van der Waals surface area contributed by atoms with Gasteiger partial charge >= 0.3 is 12.2 Å². The number of carbonyl (C=O) groups excluding carboxylic acids is 4. The summed E-state index contributed by atoms with van der Waals surface area (Å²) in [5.41, 5.74) is 38.1. The molecule has 0 aliphatic carbocycles. The molecule has 4 amide bonds. The van der Waals surface area contributed by atoms with Crippen LogP contribution in [0, 0.1) is 29.6 Å². The van der Waals surface area contributed by atoms with Crippen LogP contribution in [-0.4, -0.2) is 176 Å². The van der Waals surface area contributed by atoms with Gasteiger partial charge in [-0.1, -0.05) is 195 Å². The van der Waals surface area contributed by atoms with Crippen molar-refractivity contribution >= 4 is 132 Å². The Bertz CT molecular complexity index is 3730. The molecule has 5 unspecified atom stereocenters. The molecule has 0 saturated carbocycles. The van der Waals surface area contributed by atoms with E-state index in [1.165, 1.54) is 27.8 Å². The second-order valence-corrected chi connectivity index (χ2v) is 47.5. The normalized spacial score (nSPS) is 17.3. The van der Waals surface area contributed by atoms with Crippen molar-refractivity contribution in [2.75, 3.05) is 111 Å². The zero-order valence-corrected chi connectivity index (χ0v) is 76.7. The fourth-order valence-electron chi connectivity index (χ4n) is 15.2. The van der Waals surface area contributed by atoms with Gasteiger partial charge in [0, 0.05) is 145 Å². The average molecular weight is 1900 g/mol. The number of nitrogens with one attached hydrogen (secondary N) is 1. The van der Waals surface area contributed by atoms with Gasteiger partial charge < -0.3 is 45.2 Å². The Morgan fingerprint density at radius 2 is 0.667 bits per heavy atom. The van der Waals surface area contributed by atoms with Gasteiger partial charge in [-0.25, -0.2) is 9.59 Å². The third kappa shape index (κ3) is 34.5. The molecule has 5 saturated heterocycles. The summed E-state index contributed by atoms with van der Waals surface area (Å²) >= 11 is 17.3. The lowest BCUT2D eigenvalue weighted by Gasteiger charge is -2.35. The summed E-state index contributed by atoms with van der Waals surface area (Å²) in [6.07, 6.45) is 9.59. The Kier molecular flexibility index (Phi) is 44.0. The fourth-order valence-corrected chi connectivity index (χ4v) is 17.9. The smallest absolute Gasteiger partial charge is 0.409 e. The molecule has 5 heterocycles. The molecule has 5 aromatic carbocycles. The number of piperidine rings is 5. The number of ether oxygens (including phenoxy) is 2. The van der Waals surface area contributed by atoms with E-state index in [4.69, 9.17) is 31.8 Å². The van der Waals surface area contributed by atoms with Gasteiger partial charge in [-0.2, -0.15) is 0 Å². The molecule has 10 rings (SSSR count). The number of rotatable bonds is 24. The van der Waals surface area contributed by atoms with Crippen LogP contribution in [0.3, 0.4) is 0 Å². The van der Waals surface area contributed by atoms with Crippen molar-refractivity contribution in [3.63, 3.8) is 0 Å². The van der Waals surface area contributed by atoms with Gasteiger partial charge in [0.15, 0.2) is 0 Å². The number of hydrogen-bond donors (Lipinski definition) is 3. The van der Waals surface area contributed by atoms with Crippen LogP contribution in [-0.2, 0) is 19.1 Å². The summed E-state index contributed by atoms with van der Waals surface area (Å²) in [6.45, 7) is 28.6. The van der Waals surface area contributed by atoms with E-state index in [1.54, 1.807) is 13.8 Å². The van der Waals surface area contributed by atoms with Gasteiger partial charge in [-0.3, -0.25) is 9.59 Å². The monoisotopic (exact) mass is 1900 g/mol. The van der Waals surface area contributed by atoms with Gasteiger partial charge in [-0.15, -0.1) is 12.4 Å². The predicted molar refractivity (Wildman–Crippen MR) is 473 cm³/mol. The van der Waals surface area contributed by atoms with E-state index in [-0.39, 0.29) is 60.8 Å². The zero-order chi connectivity index (χ0) is 80.2. The van der Waals surface area contributed by atoms with E-state index in [1.807, 2.05) is 56.0 Å². The second kappa shape index (κ2) is 50.8. The van der Waals surface area contributed by atoms with Gasteiger partial charge in [0.25, 0.3) is 0 Å². The van der Waals surface area contributed by atoms with Crippen molar-refractivity contribution in [3.8, 4) is 0 Å². The van der Waals surface area contributed by atoms with Gasteiger partial charge in [0.1, 0.15) is 0 Å². The first-order valence-corrected chi connectivity index (χ1v) is 50.2. The van der Waals surface area contributed by atoms with E-state index in [9.17, 15) is 24.3 Å². The maximum absolute atomic E-state index is 12.3. The first-order valence-electron chi connectivity index (χ1n) is 38.8. The Morgan fingerprint density at radius 1 is 0.432 bits per heavy atom. The number of likely N-dealkylation sites (tertiary alicyclic amines) is 4. The maximum Gasteiger partial charge on any atom is 0.409 e. The van der Waals surface area contributed by atoms with Gasteiger partial charge in [-0.05, 0) is 254 Å². The number of carbonyl (C=O) groups is 4. The van der Waals surface area contributed by atoms with Crippen LogP contribution in [0.25, 0.3) is 31.3 Å². The third-order valence-electron chi connectivity index (χ3n) is 21.9. The highest BCUT2D eigenvalue weighted by molar-refractivity contribution is 9.11. The van der Waals surface area contributed by atoms with Crippen LogP contribution in [0.5, 0.6) is 0 Å². The van der Waals surface area contributed by atoms with Crippen LogP contribution in [0.2, 0.25) is 51.4 Å². The van der Waals surface area contributed by atoms with Crippen molar-refractivity contribution in [1.29, 1.82) is 0 Å². The number of amides is 4. The zero-order valence-electron chi connectivity index (χ0n) is 65.9. The van der Waals surface area contributed by atoms with E-state index in [0.29, 0.717) is 93.9 Å². The molecule has 0 radical (unpaired) electrons. The molecule has 4 N–H and O–H groups in total. The van der Waals surface area contributed by atoms with E-state index in [2.05, 4.69) is 239 Å². The van der Waals surface area contributed by atoms with Crippen LogP contribution < -0.4 is 11.1 Å². The molecule has 5 aromatic rings. The summed E-state index contributed by atoms with van der Waals surface area (Å²) in [7, 11) is -2.35. The number of aliphatic hydroxyl groups excluding tert-OH is 1. The summed E-state index contributed by atoms with van der Waals surface area (Å²) in [5, 5.41) is 24.5. The quantitative estimate of drug-likeness (QED) is 0.0229. The number of nitrogens with zero attached hydrogens (tertiary/aromatic N) is 13. The number of azide groups is 3. The lowest BCUT2D eigenvalue weighted by Crippen LogP contribution is -2.41. The molecule has 30 heteroatoms. The van der Waals surface area contributed by atoms with Crippen LogP contribution in [0.15, 0.2) is 159 Å². The molecule has 0 aromatic heterocycles. The minimum atomic E-state index is -1.19. The highest BCUT2D eigenvalue weighted by Crippen LogP contribution is 2.39. The molecule has 5 aliphatic rings. The minimum absolute atomic E-state index is 0. The van der Waals surface area contributed by atoms with Crippen LogP contribution in [0.1, 0.15) is 135 Å². The molecule has 111 heavy (non-hydrogen) atoms. The topological polar surface area (TPSA) is 304 Å². The number of benzene rings is 5. The highest BCUT2D eigenvalue weighted by Gasteiger charge is 2.34. The van der Waals surface area contributed by atoms with Gasteiger partial charge in [0.2, 0.25) is 11.8 Å². The van der Waals surface area contributed by atoms with Crippen LogP contribution >= 0.6 is 92.1 Å². The van der Waals surface area contributed by atoms with Crippen LogP contribution in [0.4, 0.5) is 9.59 Å². The maximum atomic E-state index is 12.3. The Morgan fingerprint density at radius 3 is 0.910 bits per heavy atom. The Labute approximate surface area is 709 Å². The third-order valence-corrected chi connectivity index (χ3v) is 28.0. The van der Waals surface area contributed by atoms with E-state index >= 15 is 0 Å². The molecule has 5 fully saturated rings. The lowest BCUT2D eigenvalue weighted by atomic mass is 9.80. The first kappa shape index (κ1) is 96.1. The SMILES string of the molecule is CC(=O)N1CCC(C(CN=[N+]=[N-])c2ccc(Br)cc2)CC1.CC(=O)N1CCC(C(CO)c2ccc(Br)cc2)CC1.C[Si](C)(C)CCOC(=O)N1CCC(C(CN)c2ccc(Br)cc2)CC1.C[Si](C)(C)CCOC(=O)N1CCC(C(CN=[N+]=[N-])c2ccc(Br)cc2)CC1.Cl.[N-]=[N+]=NCC(c1ccc(Br)cc1)C1CCNCC1. The standard InChI is InChI=1S/C19H29BrN4O2Si.C19H31BrN2O2Si.C15H19BrN4O.C15H20BrNO2.C13H17BrN4.ClH/c1-27(2,3)13-12-26-19(25)24-10-8-16(9-11-24)18(14-22-23-21)15-4-6-17(20)7-5-15;1-25(2,3)13-12-24-19(23)22-10-8-16(9-11-22)18(14-21)15-4-6-17(20)7-5-15;1-11(21)20-8-6-13(7-9-20)15(10-18-19-17)12-2-4-14(16)5-3-12;1-11(19)17-8-6-13(7-9-17)15(10-18)12-2-4-14(16)5-3-12;14-12-3-1-10(2-4-12)13(9-17-18-15)11-5-7-16-8-6-11;/h4-7,16,18H,8-14H2,1-3H3;4-7,16,18H,8-14,21H2,1-3H3;2-5,13,15H,6-10H2,1H3;2-5,13,15,18H,6-10H2,1H3;1-4,11,13,16H,5-9H2;1H. The van der Waals surface area contributed by atoms with E-state index < -0.39 is 16.1 Å². The summed E-state index contributed by atoms with van der Waals surface area (Å²) in [6, 6.07) is 43.4. The predicted octanol–water partition coefficient (Wildman–Crippen LogP) is 21.9. The minimum Gasteiger partial charge on any atom is -0.450 e. The Balaban J connectivity index is 0.000000250. The molecule has 22 nitrogen and oxygen atoms in total. The molecule has 0 bridgehead atoms. The number of halogens is 6. The van der Waals surface area contributed by atoms with Gasteiger partial charge in [0.05, 0.1) is 19.8 Å². The largest absolute Gasteiger partial charge is 0.450 e. The number of nitrogens with two attached hydrogens (primary N) is 1. The summed E-state index contributed by atoms with van der Waals surface area (Å²) < 4.78 is 16.2. The summed E-state index contributed by atoms with van der Waals surface area (Å²) in [4.78, 5) is 63.5. The van der Waals surface area contributed by atoms with Crippen molar-refractivity contribution < 1.29 is 33.8 Å². The molecule has 608 valence electrons. The second-order valence-electron chi connectivity index (χ2n) is 31.7. The van der Waals surface area contributed by atoms with Crippen molar-refractivity contribution in [2.24, 2.45) is 50.7 Å². The summed E-state index contributed by atoms with van der Waals surface area (Å²) in [5.74, 6) is 4.02. The first-order chi connectivity index (χ1) is 52.6. The molecule has 5 atom stereocenters. The van der Waals surface area contributed by atoms with Crippen molar-refractivity contribution in [3.05, 3.63) is 203 Å². The average Bonchev–Trinajstić information content (AvgIpc) is 0.851. The van der Waals surface area contributed by atoms with Crippen molar-refractivity contribution in [1.82, 2.24) is 24.9 Å². The Hall–Kier alpha value is -5.49. The lowest BCUT2D eigenvalue weighted by molar-refractivity contribution is -0.131. The molecule has 5 aliphatic heterocycles. The number of aliphatic hydroxyl groups is 1. The van der Waals surface area contributed by atoms with E-state index in [0.717, 1.165) is 151 Å². The number of hydrogen-bond acceptors (Lipinski definition) is 12. The molecule has 0 spiro atoms. The molecular formula is C81H117Br5ClN15O7Si2. The highest BCUT2D eigenvalue weighted by atomic mass is 79.9. The van der Waals surface area contributed by atoms with Crippen molar-refractivity contribution in [2.45, 2.75) is 159 Å². The molecular weight excluding hydrogens is 1790 g/mol.